The Balaban J connectivity index is 1.54. The van der Waals surface area contributed by atoms with E-state index in [1.54, 1.807) is 31.5 Å². The van der Waals surface area contributed by atoms with E-state index < -0.39 is 0 Å². The van der Waals surface area contributed by atoms with Crippen LogP contribution in [0.25, 0.3) is 0 Å². The normalized spacial score (nSPS) is 13.0. The van der Waals surface area contributed by atoms with Crippen LogP contribution in [0.15, 0.2) is 60.8 Å². The van der Waals surface area contributed by atoms with Crippen LogP contribution < -0.4 is 15.0 Å². The second kappa shape index (κ2) is 7.90. The Hall–Kier alpha value is -3.05. The van der Waals surface area contributed by atoms with Gasteiger partial charge in [0.1, 0.15) is 11.4 Å². The molecule has 1 aliphatic rings. The fourth-order valence-corrected chi connectivity index (χ4v) is 3.59. The first-order chi connectivity index (χ1) is 13.6. The van der Waals surface area contributed by atoms with Gasteiger partial charge >= 0.3 is 0 Å². The smallest absolute Gasteiger partial charge is 0.274 e. The number of pyridine rings is 1. The molecule has 2 aromatic carbocycles. The van der Waals surface area contributed by atoms with Crippen LogP contribution in [-0.4, -0.2) is 24.5 Å². The van der Waals surface area contributed by atoms with Crippen LogP contribution >= 0.6 is 11.6 Å². The highest BCUT2D eigenvalue weighted by molar-refractivity contribution is 6.31. The average molecular weight is 394 g/mol. The highest BCUT2D eigenvalue weighted by Crippen LogP contribution is 2.29. The summed E-state index contributed by atoms with van der Waals surface area (Å²) in [5, 5.41) is 3.35. The largest absolute Gasteiger partial charge is 0.495 e. The molecule has 2 heterocycles. The van der Waals surface area contributed by atoms with Crippen molar-refractivity contribution < 1.29 is 9.53 Å². The first kappa shape index (κ1) is 18.3. The summed E-state index contributed by atoms with van der Waals surface area (Å²) < 4.78 is 5.29. The van der Waals surface area contributed by atoms with E-state index in [9.17, 15) is 4.79 Å². The molecule has 1 aliphatic heterocycles. The van der Waals surface area contributed by atoms with Gasteiger partial charge in [-0.05, 0) is 47.9 Å². The zero-order valence-corrected chi connectivity index (χ0v) is 16.2. The zero-order chi connectivity index (χ0) is 19.5. The number of methoxy groups -OCH3 is 1. The molecule has 6 heteroatoms. The lowest BCUT2D eigenvalue weighted by Crippen LogP contribution is -2.30. The number of anilines is 2. The van der Waals surface area contributed by atoms with E-state index in [1.165, 1.54) is 11.1 Å². The van der Waals surface area contributed by atoms with Crippen molar-refractivity contribution in [3.05, 3.63) is 82.6 Å². The third-order valence-corrected chi connectivity index (χ3v) is 5.12. The van der Waals surface area contributed by atoms with Gasteiger partial charge in [-0.2, -0.15) is 0 Å². The van der Waals surface area contributed by atoms with Gasteiger partial charge < -0.3 is 15.0 Å². The van der Waals surface area contributed by atoms with Crippen LogP contribution in [-0.2, 0) is 13.0 Å². The number of benzene rings is 2. The fraction of sp³-hybridized carbons (Fsp3) is 0.182. The molecule has 28 heavy (non-hydrogen) atoms. The number of amides is 1. The van der Waals surface area contributed by atoms with Crippen molar-refractivity contribution in [1.82, 2.24) is 4.98 Å². The van der Waals surface area contributed by atoms with Crippen molar-refractivity contribution in [2.45, 2.75) is 13.0 Å². The lowest BCUT2D eigenvalue weighted by atomic mass is 9.99. The third kappa shape index (κ3) is 3.80. The first-order valence-electron chi connectivity index (χ1n) is 9.07. The Morgan fingerprint density at radius 1 is 1.14 bits per heavy atom. The summed E-state index contributed by atoms with van der Waals surface area (Å²) >= 11 is 6.04. The molecule has 3 aromatic rings. The minimum Gasteiger partial charge on any atom is -0.495 e. The molecule has 0 spiro atoms. The monoisotopic (exact) mass is 393 g/mol. The molecule has 4 rings (SSSR count). The summed E-state index contributed by atoms with van der Waals surface area (Å²) in [5.41, 5.74) is 4.55. The summed E-state index contributed by atoms with van der Waals surface area (Å²) in [6, 6.07) is 17.3. The van der Waals surface area contributed by atoms with E-state index in [-0.39, 0.29) is 5.91 Å². The van der Waals surface area contributed by atoms with E-state index >= 15 is 0 Å². The van der Waals surface area contributed by atoms with Gasteiger partial charge in [-0.25, -0.2) is 0 Å². The quantitative estimate of drug-likeness (QED) is 0.706. The van der Waals surface area contributed by atoms with Gasteiger partial charge in [-0.3, -0.25) is 9.78 Å². The summed E-state index contributed by atoms with van der Waals surface area (Å²) in [6.07, 6.45) is 2.65. The van der Waals surface area contributed by atoms with Crippen LogP contribution in [0.2, 0.25) is 5.02 Å². The Morgan fingerprint density at radius 2 is 1.96 bits per heavy atom. The van der Waals surface area contributed by atoms with E-state index in [0.29, 0.717) is 22.2 Å². The third-order valence-electron chi connectivity index (χ3n) is 4.88. The molecule has 1 amide bonds. The van der Waals surface area contributed by atoms with E-state index in [0.717, 1.165) is 25.2 Å². The maximum absolute atomic E-state index is 12.7. The molecule has 142 valence electrons. The molecule has 0 aliphatic carbocycles. The minimum atomic E-state index is -0.306. The number of hydrogen-bond donors (Lipinski definition) is 1. The molecular formula is C22H20ClN3O2. The van der Waals surface area contributed by atoms with Crippen molar-refractivity contribution in [3.63, 3.8) is 0 Å². The van der Waals surface area contributed by atoms with Gasteiger partial charge in [0.25, 0.3) is 5.91 Å². The second-order valence-electron chi connectivity index (χ2n) is 6.64. The predicted octanol–water partition coefficient (Wildman–Crippen LogP) is 4.56. The zero-order valence-electron chi connectivity index (χ0n) is 15.5. The van der Waals surface area contributed by atoms with Gasteiger partial charge in [0, 0.05) is 30.0 Å². The van der Waals surface area contributed by atoms with E-state index in [1.807, 2.05) is 12.1 Å². The number of hydrogen-bond acceptors (Lipinski definition) is 4. The van der Waals surface area contributed by atoms with E-state index in [2.05, 4.69) is 39.5 Å². The number of halogens is 1. The van der Waals surface area contributed by atoms with Crippen LogP contribution in [0.1, 0.15) is 21.6 Å². The van der Waals surface area contributed by atoms with Crippen molar-refractivity contribution in [1.29, 1.82) is 0 Å². The van der Waals surface area contributed by atoms with Crippen molar-refractivity contribution in [2.75, 3.05) is 23.9 Å². The Morgan fingerprint density at radius 3 is 2.79 bits per heavy atom. The lowest BCUT2D eigenvalue weighted by molar-refractivity contribution is 0.102. The number of nitrogens with zero attached hydrogens (tertiary/aromatic N) is 2. The molecule has 0 saturated heterocycles. The standard InChI is InChI=1S/C22H20ClN3O2/c1-28-21-7-6-17(23)12-19(21)25-22(27)20-13-18(8-10-24-20)26-11-9-15-4-2-3-5-16(15)14-26/h2-8,10,12-13H,9,11,14H2,1H3,(H,25,27). The Kier molecular flexibility index (Phi) is 5.17. The van der Waals surface area contributed by atoms with Crippen molar-refractivity contribution in [2.24, 2.45) is 0 Å². The number of fused-ring (bicyclic) bond motifs is 1. The topological polar surface area (TPSA) is 54.5 Å². The van der Waals surface area contributed by atoms with Crippen LogP contribution in [0, 0.1) is 0 Å². The second-order valence-corrected chi connectivity index (χ2v) is 7.07. The summed E-state index contributed by atoms with van der Waals surface area (Å²) in [5.74, 6) is 0.237. The fourth-order valence-electron chi connectivity index (χ4n) is 3.42. The SMILES string of the molecule is COc1ccc(Cl)cc1NC(=O)c1cc(N2CCc3ccccc3C2)ccn1. The molecule has 0 atom stereocenters. The van der Waals surface area contributed by atoms with Gasteiger partial charge in [-0.15, -0.1) is 0 Å². The molecule has 1 N–H and O–H groups in total. The van der Waals surface area contributed by atoms with Crippen LogP contribution in [0.4, 0.5) is 11.4 Å². The average Bonchev–Trinajstić information content (AvgIpc) is 2.73. The van der Waals surface area contributed by atoms with E-state index in [4.69, 9.17) is 16.3 Å². The number of ether oxygens (including phenoxy) is 1. The van der Waals surface area contributed by atoms with Gasteiger partial charge in [0.2, 0.25) is 0 Å². The highest BCUT2D eigenvalue weighted by atomic mass is 35.5. The molecule has 0 bridgehead atoms. The Labute approximate surface area is 168 Å². The number of carbonyl (C=O) groups excluding carboxylic acids is 1. The maximum atomic E-state index is 12.7. The summed E-state index contributed by atoms with van der Waals surface area (Å²) in [6.45, 7) is 1.73. The van der Waals surface area contributed by atoms with Gasteiger partial charge in [0.15, 0.2) is 0 Å². The number of rotatable bonds is 4. The first-order valence-corrected chi connectivity index (χ1v) is 9.44. The van der Waals surface area contributed by atoms with Gasteiger partial charge in [0.05, 0.1) is 12.8 Å². The lowest BCUT2D eigenvalue weighted by Gasteiger charge is -2.30. The number of nitrogens with one attached hydrogen (secondary N) is 1. The maximum Gasteiger partial charge on any atom is 0.274 e. The molecule has 1 aromatic heterocycles. The Bertz CT molecular complexity index is 1020. The minimum absolute atomic E-state index is 0.306. The molecule has 5 nitrogen and oxygen atoms in total. The van der Waals surface area contributed by atoms with Crippen molar-refractivity contribution >= 4 is 28.9 Å². The summed E-state index contributed by atoms with van der Waals surface area (Å²) in [4.78, 5) is 19.2. The van der Waals surface area contributed by atoms with Gasteiger partial charge in [-0.1, -0.05) is 35.9 Å². The predicted molar refractivity (Wildman–Crippen MR) is 111 cm³/mol. The highest BCUT2D eigenvalue weighted by Gasteiger charge is 2.18. The number of carbonyl (C=O) groups is 1. The molecule has 0 fully saturated rings. The molecule has 0 saturated carbocycles. The molecule has 0 radical (unpaired) electrons. The molecular weight excluding hydrogens is 374 g/mol. The number of aromatic nitrogens is 1. The summed E-state index contributed by atoms with van der Waals surface area (Å²) in [7, 11) is 1.55. The van der Waals surface area contributed by atoms with Crippen LogP contribution in [0.5, 0.6) is 5.75 Å². The molecule has 0 unspecified atom stereocenters. The van der Waals surface area contributed by atoms with Crippen molar-refractivity contribution in [3.8, 4) is 5.75 Å². The van der Waals surface area contributed by atoms with Crippen LogP contribution in [0.3, 0.4) is 0 Å².